The van der Waals surface area contributed by atoms with Crippen LogP contribution in [0, 0.1) is 0 Å². The number of carbonyl (C=O) groups is 1. The van der Waals surface area contributed by atoms with Crippen molar-refractivity contribution in [2.75, 3.05) is 19.4 Å². The zero-order valence-corrected chi connectivity index (χ0v) is 16.9. The van der Waals surface area contributed by atoms with Crippen molar-refractivity contribution in [1.82, 2.24) is 4.90 Å². The van der Waals surface area contributed by atoms with Crippen LogP contribution in [-0.2, 0) is 9.53 Å². The lowest BCUT2D eigenvalue weighted by Crippen LogP contribution is -2.30. The van der Waals surface area contributed by atoms with Gasteiger partial charge in [0.15, 0.2) is 6.23 Å². The molecular formula is C18H36BrNO2. The third kappa shape index (κ3) is 17.7. The Kier molecular flexibility index (Phi) is 18.5. The van der Waals surface area contributed by atoms with Crippen LogP contribution in [0.5, 0.6) is 0 Å². The summed E-state index contributed by atoms with van der Waals surface area (Å²) in [6.07, 6.45) is 11.2. The normalized spacial score (nSPS) is 11.6. The van der Waals surface area contributed by atoms with E-state index >= 15 is 0 Å². The molecule has 0 rings (SSSR count). The molecule has 4 heteroatoms. The van der Waals surface area contributed by atoms with Crippen LogP contribution in [-0.4, -0.2) is 36.5 Å². The number of hydrogen-bond acceptors (Lipinski definition) is 3. The van der Waals surface area contributed by atoms with E-state index in [1.165, 1.54) is 56.7 Å². The van der Waals surface area contributed by atoms with Gasteiger partial charge in [0.05, 0.1) is 0 Å². The molecule has 0 N–H and O–H groups in total. The van der Waals surface area contributed by atoms with Crippen molar-refractivity contribution < 1.29 is 9.53 Å². The Morgan fingerprint density at radius 1 is 1.09 bits per heavy atom. The molecule has 0 amide bonds. The Bertz CT molecular complexity index is 272. The lowest BCUT2D eigenvalue weighted by molar-refractivity contribution is -0.150. The highest BCUT2D eigenvalue weighted by molar-refractivity contribution is 9.09. The maximum absolute atomic E-state index is 10.9. The van der Waals surface area contributed by atoms with E-state index in [0.717, 1.165) is 0 Å². The van der Waals surface area contributed by atoms with Gasteiger partial charge in [-0.15, -0.1) is 0 Å². The van der Waals surface area contributed by atoms with Crippen LogP contribution in [0.2, 0.25) is 0 Å². The maximum Gasteiger partial charge on any atom is 0.334 e. The second kappa shape index (κ2) is 17.0. The molecule has 1 atom stereocenters. The number of esters is 1. The summed E-state index contributed by atoms with van der Waals surface area (Å²) in [5.74, 6) is -0.341. The van der Waals surface area contributed by atoms with Gasteiger partial charge in [0.2, 0.25) is 0 Å². The van der Waals surface area contributed by atoms with Crippen LogP contribution in [0.1, 0.15) is 72.1 Å². The number of nitrogens with zero attached hydrogens (tertiary/aromatic N) is 1. The van der Waals surface area contributed by atoms with Crippen molar-refractivity contribution in [1.29, 1.82) is 0 Å². The van der Waals surface area contributed by atoms with E-state index in [0.29, 0.717) is 5.57 Å². The first-order chi connectivity index (χ1) is 10.4. The highest BCUT2D eigenvalue weighted by Gasteiger charge is 2.10. The van der Waals surface area contributed by atoms with E-state index in [1.54, 1.807) is 18.7 Å². The molecule has 0 spiro atoms. The fraction of sp³-hybridized carbons (Fsp3) is 0.833. The maximum atomic E-state index is 10.9. The smallest absolute Gasteiger partial charge is 0.334 e. The predicted molar refractivity (Wildman–Crippen MR) is 100 cm³/mol. The average Bonchev–Trinajstić information content (AvgIpc) is 2.46. The highest BCUT2D eigenvalue weighted by atomic mass is 79.9. The quantitative estimate of drug-likeness (QED) is 0.156. The molecule has 0 saturated heterocycles. The molecule has 0 aromatic carbocycles. The van der Waals surface area contributed by atoms with Gasteiger partial charge >= 0.3 is 5.97 Å². The Morgan fingerprint density at radius 2 is 1.55 bits per heavy atom. The van der Waals surface area contributed by atoms with Crippen LogP contribution < -0.4 is 0 Å². The number of halogens is 1. The highest BCUT2D eigenvalue weighted by Crippen LogP contribution is 2.08. The van der Waals surface area contributed by atoms with E-state index in [1.807, 2.05) is 14.1 Å². The lowest BCUT2D eigenvalue weighted by atomic mass is 10.1. The van der Waals surface area contributed by atoms with Gasteiger partial charge in [0.1, 0.15) is 0 Å². The van der Waals surface area contributed by atoms with Crippen LogP contribution >= 0.6 is 15.9 Å². The summed E-state index contributed by atoms with van der Waals surface area (Å²) in [6.45, 7) is 9.18. The second-order valence-electron chi connectivity index (χ2n) is 5.91. The lowest BCUT2D eigenvalue weighted by Gasteiger charge is -2.19. The average molecular weight is 378 g/mol. The van der Waals surface area contributed by atoms with Gasteiger partial charge in [0.25, 0.3) is 0 Å². The van der Waals surface area contributed by atoms with Crippen molar-refractivity contribution >= 4 is 21.9 Å². The molecule has 0 aromatic rings. The van der Waals surface area contributed by atoms with Gasteiger partial charge in [-0.2, -0.15) is 0 Å². The summed E-state index contributed by atoms with van der Waals surface area (Å²) in [5.41, 5.74) is 0.429. The van der Waals surface area contributed by atoms with Crippen LogP contribution in [0.15, 0.2) is 12.2 Å². The van der Waals surface area contributed by atoms with Gasteiger partial charge in [-0.05, 0) is 34.4 Å². The van der Waals surface area contributed by atoms with Gasteiger partial charge in [-0.3, -0.25) is 4.90 Å². The molecule has 0 bridgehead atoms. The molecule has 0 saturated carbocycles. The number of ether oxygens (including phenoxy) is 1. The fourth-order valence-corrected chi connectivity index (χ4v) is 1.99. The summed E-state index contributed by atoms with van der Waals surface area (Å²) in [5, 5.41) is 1.18. The first-order valence-corrected chi connectivity index (χ1v) is 9.57. The third-order valence-corrected chi connectivity index (χ3v) is 3.90. The van der Waals surface area contributed by atoms with E-state index in [9.17, 15) is 4.79 Å². The Balaban J connectivity index is 0. The number of unbranched alkanes of at least 4 members (excludes halogenated alkanes) is 7. The molecule has 3 nitrogen and oxygen atoms in total. The summed E-state index contributed by atoms with van der Waals surface area (Å²) < 4.78 is 4.96. The van der Waals surface area contributed by atoms with Crippen LogP contribution in [0.25, 0.3) is 0 Å². The van der Waals surface area contributed by atoms with Crippen LogP contribution in [0.3, 0.4) is 0 Å². The molecule has 22 heavy (non-hydrogen) atoms. The minimum absolute atomic E-state index is 0.195. The number of rotatable bonds is 11. The molecular weight excluding hydrogens is 342 g/mol. The number of hydrogen-bond donors (Lipinski definition) is 0. The standard InChI is InChI=1S/C10H21Br.C8H15NO2/c1-2-3-4-5-6-7-8-9-10-11;1-6(2)8(10)11-7(3)9(4)5/h2-10H2,1H3;7H,1H2,2-5H3. The molecule has 0 aliphatic rings. The zero-order valence-electron chi connectivity index (χ0n) is 15.3. The van der Waals surface area contributed by atoms with E-state index in [4.69, 9.17) is 4.74 Å². The molecule has 132 valence electrons. The first kappa shape index (κ1) is 23.9. The number of alkyl halides is 1. The van der Waals surface area contributed by atoms with E-state index in [2.05, 4.69) is 29.4 Å². The molecule has 0 heterocycles. The van der Waals surface area contributed by atoms with Crippen molar-refractivity contribution in [2.24, 2.45) is 0 Å². The summed E-state index contributed by atoms with van der Waals surface area (Å²) in [7, 11) is 3.69. The van der Waals surface area contributed by atoms with Gasteiger partial charge in [-0.1, -0.05) is 74.4 Å². The SMILES string of the molecule is C=C(C)C(=O)OC(C)N(C)C.CCCCCCCCCCBr. The van der Waals surface area contributed by atoms with Crippen molar-refractivity contribution in [3.8, 4) is 0 Å². The third-order valence-electron chi connectivity index (χ3n) is 3.34. The molecule has 0 aromatic heterocycles. The molecule has 0 radical (unpaired) electrons. The molecule has 0 aliphatic heterocycles. The first-order valence-electron chi connectivity index (χ1n) is 8.45. The van der Waals surface area contributed by atoms with Crippen molar-refractivity contribution in [3.63, 3.8) is 0 Å². The van der Waals surface area contributed by atoms with E-state index in [-0.39, 0.29) is 12.2 Å². The summed E-state index contributed by atoms with van der Waals surface area (Å²) in [4.78, 5) is 12.7. The summed E-state index contributed by atoms with van der Waals surface area (Å²) in [6, 6.07) is 0. The van der Waals surface area contributed by atoms with Crippen molar-refractivity contribution in [3.05, 3.63) is 12.2 Å². The minimum atomic E-state index is -0.341. The molecule has 0 fully saturated rings. The van der Waals surface area contributed by atoms with Crippen molar-refractivity contribution in [2.45, 2.75) is 78.4 Å². The van der Waals surface area contributed by atoms with Crippen LogP contribution in [0.4, 0.5) is 0 Å². The fourth-order valence-electron chi connectivity index (χ4n) is 1.59. The van der Waals surface area contributed by atoms with Gasteiger partial charge < -0.3 is 4.74 Å². The second-order valence-corrected chi connectivity index (χ2v) is 6.71. The largest absolute Gasteiger partial charge is 0.443 e. The Labute approximate surface area is 146 Å². The van der Waals surface area contributed by atoms with Gasteiger partial charge in [0, 0.05) is 10.9 Å². The zero-order chi connectivity index (χ0) is 17.4. The van der Waals surface area contributed by atoms with E-state index < -0.39 is 0 Å². The molecule has 1 unspecified atom stereocenters. The topological polar surface area (TPSA) is 29.5 Å². The number of carbonyl (C=O) groups excluding carboxylic acids is 1. The minimum Gasteiger partial charge on any atom is -0.443 e. The van der Waals surface area contributed by atoms with Gasteiger partial charge in [-0.25, -0.2) is 4.79 Å². The predicted octanol–water partition coefficient (Wildman–Crippen LogP) is 5.54. The Morgan fingerprint density at radius 3 is 1.91 bits per heavy atom. The summed E-state index contributed by atoms with van der Waals surface area (Å²) >= 11 is 3.44. The molecule has 0 aliphatic carbocycles. The Hall–Kier alpha value is -0.350. The monoisotopic (exact) mass is 377 g/mol.